The highest BCUT2D eigenvalue weighted by molar-refractivity contribution is 7.90. The first-order chi connectivity index (χ1) is 11.3. The number of nitrogens with one attached hydrogen (secondary N) is 1. The topological polar surface area (TPSA) is 63.2 Å². The summed E-state index contributed by atoms with van der Waals surface area (Å²) in [6.45, 7) is 0.108. The molecule has 0 aromatic heterocycles. The summed E-state index contributed by atoms with van der Waals surface area (Å²) in [5.74, 6) is -0.661. The van der Waals surface area contributed by atoms with Crippen LogP contribution in [0.3, 0.4) is 0 Å². The Labute approximate surface area is 147 Å². The van der Waals surface area contributed by atoms with Gasteiger partial charge in [-0.2, -0.15) is 0 Å². The lowest BCUT2D eigenvalue weighted by Crippen LogP contribution is -2.34. The number of rotatable bonds is 7. The average Bonchev–Trinajstić information content (AvgIpc) is 2.53. The predicted molar refractivity (Wildman–Crippen MR) is 97.1 cm³/mol. The van der Waals surface area contributed by atoms with Gasteiger partial charge in [-0.15, -0.1) is 0 Å². The van der Waals surface area contributed by atoms with E-state index in [9.17, 15) is 13.2 Å². The summed E-state index contributed by atoms with van der Waals surface area (Å²) in [4.78, 5) is 12.6. The van der Waals surface area contributed by atoms with Crippen molar-refractivity contribution in [2.75, 3.05) is 18.6 Å². The fourth-order valence-electron chi connectivity index (χ4n) is 2.39. The Balaban J connectivity index is 2.15. The van der Waals surface area contributed by atoms with Crippen LogP contribution in [0.25, 0.3) is 0 Å². The van der Waals surface area contributed by atoms with Crippen molar-refractivity contribution in [3.05, 3.63) is 70.7 Å². The molecule has 1 amide bonds. The Morgan fingerprint density at radius 3 is 2.29 bits per heavy atom. The lowest BCUT2D eigenvalue weighted by Gasteiger charge is -2.17. The molecule has 0 bridgehead atoms. The summed E-state index contributed by atoms with van der Waals surface area (Å²) < 4.78 is 22.4. The van der Waals surface area contributed by atoms with Crippen molar-refractivity contribution in [2.24, 2.45) is 0 Å². The summed E-state index contributed by atoms with van der Waals surface area (Å²) >= 11 is 5.92. The second-order valence-corrected chi connectivity index (χ2v) is 8.41. The molecule has 2 aromatic rings. The Bertz CT molecular complexity index is 774. The van der Waals surface area contributed by atoms with E-state index >= 15 is 0 Å². The second kappa shape index (κ2) is 8.31. The van der Waals surface area contributed by atoms with E-state index in [2.05, 4.69) is 5.32 Å². The van der Waals surface area contributed by atoms with Crippen molar-refractivity contribution >= 4 is 27.3 Å². The molecule has 128 valence electrons. The van der Waals surface area contributed by atoms with Gasteiger partial charge >= 0.3 is 0 Å². The lowest BCUT2D eigenvalue weighted by molar-refractivity contribution is -0.122. The van der Waals surface area contributed by atoms with Crippen LogP contribution in [-0.2, 0) is 21.1 Å². The number of sulfone groups is 1. The van der Waals surface area contributed by atoms with E-state index in [0.29, 0.717) is 11.4 Å². The highest BCUT2D eigenvalue weighted by Gasteiger charge is 2.21. The van der Waals surface area contributed by atoms with Crippen LogP contribution >= 0.6 is 11.6 Å². The van der Waals surface area contributed by atoms with E-state index in [4.69, 9.17) is 11.6 Å². The van der Waals surface area contributed by atoms with Crippen molar-refractivity contribution in [3.63, 3.8) is 0 Å². The first-order valence-corrected chi connectivity index (χ1v) is 10.0. The van der Waals surface area contributed by atoms with Gasteiger partial charge in [0.25, 0.3) is 0 Å². The maximum atomic E-state index is 12.6. The van der Waals surface area contributed by atoms with Gasteiger partial charge in [-0.1, -0.05) is 54.1 Å². The molecule has 2 rings (SSSR count). The van der Waals surface area contributed by atoms with Crippen LogP contribution < -0.4 is 5.32 Å². The van der Waals surface area contributed by atoms with E-state index < -0.39 is 15.8 Å². The van der Waals surface area contributed by atoms with Crippen molar-refractivity contribution in [3.8, 4) is 0 Å². The fraction of sp³-hybridized carbons (Fsp3) is 0.278. The molecule has 0 spiro atoms. The largest absolute Gasteiger partial charge is 0.355 e. The van der Waals surface area contributed by atoms with Crippen LogP contribution in [-0.4, -0.2) is 32.9 Å². The van der Waals surface area contributed by atoms with Gasteiger partial charge in [0.1, 0.15) is 9.84 Å². The number of carbonyl (C=O) groups excluding carboxylic acids is 1. The average molecular weight is 366 g/mol. The molecule has 0 heterocycles. The molecule has 0 aliphatic heterocycles. The summed E-state index contributed by atoms with van der Waals surface area (Å²) in [5.41, 5.74) is 1.89. The summed E-state index contributed by atoms with van der Waals surface area (Å²) in [6, 6.07) is 16.9. The quantitative estimate of drug-likeness (QED) is 0.820. The Hall–Kier alpha value is -1.85. The van der Waals surface area contributed by atoms with Crippen LogP contribution in [0.15, 0.2) is 54.6 Å². The molecule has 24 heavy (non-hydrogen) atoms. The minimum Gasteiger partial charge on any atom is -0.355 e. The van der Waals surface area contributed by atoms with Crippen LogP contribution in [0.5, 0.6) is 0 Å². The SMILES string of the molecule is CS(=O)(=O)CCNC(=O)C(Cc1ccccc1)c1ccc(Cl)cc1. The number of amides is 1. The maximum Gasteiger partial charge on any atom is 0.227 e. The van der Waals surface area contributed by atoms with Crippen molar-refractivity contribution in [1.29, 1.82) is 0 Å². The summed E-state index contributed by atoms with van der Waals surface area (Å²) in [7, 11) is -3.11. The molecule has 0 saturated carbocycles. The molecular weight excluding hydrogens is 346 g/mol. The molecule has 0 fully saturated rings. The molecule has 1 atom stereocenters. The van der Waals surface area contributed by atoms with Crippen LogP contribution in [0, 0.1) is 0 Å². The normalized spacial score (nSPS) is 12.6. The zero-order valence-electron chi connectivity index (χ0n) is 13.4. The first kappa shape index (κ1) is 18.5. The van der Waals surface area contributed by atoms with Gasteiger partial charge in [-0.05, 0) is 29.7 Å². The van der Waals surface area contributed by atoms with Gasteiger partial charge in [-0.3, -0.25) is 4.79 Å². The first-order valence-electron chi connectivity index (χ1n) is 7.60. The van der Waals surface area contributed by atoms with Crippen LogP contribution in [0.4, 0.5) is 0 Å². The minimum atomic E-state index is -3.11. The summed E-state index contributed by atoms with van der Waals surface area (Å²) in [6.07, 6.45) is 1.69. The second-order valence-electron chi connectivity index (χ2n) is 5.71. The molecule has 0 radical (unpaired) electrons. The van der Waals surface area contributed by atoms with E-state index in [0.717, 1.165) is 17.4 Å². The number of benzene rings is 2. The Morgan fingerprint density at radius 1 is 1.08 bits per heavy atom. The van der Waals surface area contributed by atoms with Gasteiger partial charge in [0.2, 0.25) is 5.91 Å². The van der Waals surface area contributed by atoms with E-state index in [1.165, 1.54) is 0 Å². The maximum absolute atomic E-state index is 12.6. The van der Waals surface area contributed by atoms with Gasteiger partial charge in [0.05, 0.1) is 11.7 Å². The number of carbonyl (C=O) groups is 1. The van der Waals surface area contributed by atoms with Gasteiger partial charge < -0.3 is 5.32 Å². The standard InChI is InChI=1S/C18H20ClNO3S/c1-24(22,23)12-11-20-18(21)17(13-14-5-3-2-4-6-14)15-7-9-16(19)10-8-15/h2-10,17H,11-13H2,1H3,(H,20,21). The van der Waals surface area contributed by atoms with Crippen molar-refractivity contribution < 1.29 is 13.2 Å². The van der Waals surface area contributed by atoms with E-state index in [-0.39, 0.29) is 18.2 Å². The number of halogens is 1. The van der Waals surface area contributed by atoms with Crippen LogP contribution in [0.2, 0.25) is 5.02 Å². The smallest absolute Gasteiger partial charge is 0.227 e. The third kappa shape index (κ3) is 5.98. The highest BCUT2D eigenvalue weighted by atomic mass is 35.5. The minimum absolute atomic E-state index is 0.0720. The molecule has 6 heteroatoms. The van der Waals surface area contributed by atoms with Gasteiger partial charge in [0, 0.05) is 17.8 Å². The fourth-order valence-corrected chi connectivity index (χ4v) is 2.99. The number of hydrogen-bond acceptors (Lipinski definition) is 3. The van der Waals surface area contributed by atoms with E-state index in [1.807, 2.05) is 42.5 Å². The molecule has 2 aromatic carbocycles. The molecule has 0 saturated heterocycles. The summed E-state index contributed by atoms with van der Waals surface area (Å²) in [5, 5.41) is 3.33. The molecule has 4 nitrogen and oxygen atoms in total. The Kier molecular flexibility index (Phi) is 6.40. The molecule has 1 N–H and O–H groups in total. The molecule has 0 aliphatic rings. The molecule has 0 aliphatic carbocycles. The monoisotopic (exact) mass is 365 g/mol. The molecular formula is C18H20ClNO3S. The van der Waals surface area contributed by atoms with Gasteiger partial charge in [0.15, 0.2) is 0 Å². The molecule has 1 unspecified atom stereocenters. The highest BCUT2D eigenvalue weighted by Crippen LogP contribution is 2.23. The third-order valence-electron chi connectivity index (χ3n) is 3.64. The van der Waals surface area contributed by atoms with Crippen LogP contribution in [0.1, 0.15) is 17.0 Å². The van der Waals surface area contributed by atoms with E-state index in [1.54, 1.807) is 12.1 Å². The third-order valence-corrected chi connectivity index (χ3v) is 4.84. The van der Waals surface area contributed by atoms with Gasteiger partial charge in [-0.25, -0.2) is 8.42 Å². The van der Waals surface area contributed by atoms with Crippen molar-refractivity contribution in [2.45, 2.75) is 12.3 Å². The number of hydrogen-bond donors (Lipinski definition) is 1. The zero-order valence-corrected chi connectivity index (χ0v) is 15.0. The lowest BCUT2D eigenvalue weighted by atomic mass is 9.91. The van der Waals surface area contributed by atoms with Crippen molar-refractivity contribution in [1.82, 2.24) is 5.32 Å². The predicted octanol–water partition coefficient (Wildman–Crippen LogP) is 2.83. The zero-order chi connectivity index (χ0) is 17.6. The Morgan fingerprint density at radius 2 is 1.71 bits per heavy atom.